The summed E-state index contributed by atoms with van der Waals surface area (Å²) in [5, 5.41) is 0. The molecule has 0 radical (unpaired) electrons. The molecule has 4 heteroatoms. The Morgan fingerprint density at radius 2 is 2.05 bits per heavy atom. The fraction of sp³-hybridized carbons (Fsp3) is 0.750. The quantitative estimate of drug-likeness (QED) is 0.848. The van der Waals surface area contributed by atoms with E-state index in [1.807, 2.05) is 13.0 Å². The Bertz CT molecular complexity index is 447. The Morgan fingerprint density at radius 3 is 2.60 bits per heavy atom. The molecule has 0 amide bonds. The highest BCUT2D eigenvalue weighted by Gasteiger charge is 2.43. The number of hydrogen-bond donors (Lipinski definition) is 0. The molecule has 112 valence electrons. The summed E-state index contributed by atoms with van der Waals surface area (Å²) in [5.41, 5.74) is 0.143. The third-order valence-electron chi connectivity index (χ3n) is 4.86. The molecule has 1 aromatic heterocycles. The van der Waals surface area contributed by atoms with Gasteiger partial charge in [0, 0.05) is 19.1 Å². The van der Waals surface area contributed by atoms with Gasteiger partial charge in [-0.15, -0.1) is 0 Å². The first kappa shape index (κ1) is 14.1. The number of aryl methyl sites for hydroxylation is 1. The zero-order chi connectivity index (χ0) is 14.2. The number of likely N-dealkylation sites (tertiary alicyclic amines) is 1. The molecule has 3 heterocycles. The first-order chi connectivity index (χ1) is 9.56. The van der Waals surface area contributed by atoms with Gasteiger partial charge in [-0.1, -0.05) is 0 Å². The molecule has 20 heavy (non-hydrogen) atoms. The van der Waals surface area contributed by atoms with Crippen molar-refractivity contribution in [2.75, 3.05) is 33.8 Å². The lowest BCUT2D eigenvalue weighted by Crippen LogP contribution is -2.44. The summed E-state index contributed by atoms with van der Waals surface area (Å²) in [4.78, 5) is 4.78. The average molecular weight is 278 g/mol. The van der Waals surface area contributed by atoms with Gasteiger partial charge in [-0.05, 0) is 52.4 Å². The summed E-state index contributed by atoms with van der Waals surface area (Å²) >= 11 is 0. The van der Waals surface area contributed by atoms with Crippen LogP contribution in [0.3, 0.4) is 0 Å². The molecule has 2 aliphatic heterocycles. The third-order valence-corrected chi connectivity index (χ3v) is 4.86. The Morgan fingerprint density at radius 1 is 1.30 bits per heavy atom. The van der Waals surface area contributed by atoms with Crippen LogP contribution in [0.15, 0.2) is 16.5 Å². The fourth-order valence-corrected chi connectivity index (χ4v) is 3.41. The first-order valence-corrected chi connectivity index (χ1v) is 7.64. The van der Waals surface area contributed by atoms with Crippen LogP contribution in [0.2, 0.25) is 0 Å². The van der Waals surface area contributed by atoms with Crippen LogP contribution in [0.1, 0.15) is 30.8 Å². The number of furan rings is 1. The predicted octanol–water partition coefficient (Wildman–Crippen LogP) is 2.27. The molecule has 1 unspecified atom stereocenters. The van der Waals surface area contributed by atoms with Gasteiger partial charge in [0.15, 0.2) is 0 Å². The highest BCUT2D eigenvalue weighted by atomic mass is 16.5. The van der Waals surface area contributed by atoms with Crippen molar-refractivity contribution in [3.05, 3.63) is 23.7 Å². The average Bonchev–Trinajstić information content (AvgIpc) is 3.00. The topological polar surface area (TPSA) is 28.9 Å². The third kappa shape index (κ3) is 2.92. The van der Waals surface area contributed by atoms with E-state index in [1.165, 1.54) is 6.42 Å². The molecule has 0 aliphatic carbocycles. The van der Waals surface area contributed by atoms with E-state index in [-0.39, 0.29) is 5.60 Å². The fourth-order valence-electron chi connectivity index (χ4n) is 3.41. The Labute approximate surface area is 121 Å². The highest BCUT2D eigenvalue weighted by Crippen LogP contribution is 2.37. The Kier molecular flexibility index (Phi) is 3.89. The van der Waals surface area contributed by atoms with E-state index in [4.69, 9.17) is 9.15 Å². The summed E-state index contributed by atoms with van der Waals surface area (Å²) in [6.07, 6.45) is 3.49. The lowest BCUT2D eigenvalue weighted by atomic mass is 9.87. The molecule has 2 fully saturated rings. The van der Waals surface area contributed by atoms with Gasteiger partial charge in [-0.2, -0.15) is 0 Å². The minimum atomic E-state index is 0.143. The molecule has 2 saturated heterocycles. The van der Waals surface area contributed by atoms with Crippen molar-refractivity contribution in [3.8, 4) is 0 Å². The standard InChI is InChI=1S/C16H26N2O2/c1-13-4-5-15(20-13)11-18-8-6-16(7-9-18)10-14(12-19-16)17(2)3/h4-5,14H,6-12H2,1-3H3. The van der Waals surface area contributed by atoms with Gasteiger partial charge < -0.3 is 14.1 Å². The van der Waals surface area contributed by atoms with E-state index in [9.17, 15) is 0 Å². The van der Waals surface area contributed by atoms with Crippen LogP contribution in [0.5, 0.6) is 0 Å². The van der Waals surface area contributed by atoms with Crippen LogP contribution >= 0.6 is 0 Å². The molecule has 4 nitrogen and oxygen atoms in total. The van der Waals surface area contributed by atoms with Crippen molar-refractivity contribution in [1.82, 2.24) is 9.80 Å². The monoisotopic (exact) mass is 278 g/mol. The molecule has 0 saturated carbocycles. The summed E-state index contributed by atoms with van der Waals surface area (Å²) in [6.45, 7) is 6.05. The molecule has 3 rings (SSSR count). The van der Waals surface area contributed by atoms with Crippen molar-refractivity contribution in [1.29, 1.82) is 0 Å². The van der Waals surface area contributed by atoms with E-state index < -0.39 is 0 Å². The normalized spacial score (nSPS) is 26.7. The number of nitrogens with zero attached hydrogens (tertiary/aromatic N) is 2. The smallest absolute Gasteiger partial charge is 0.118 e. The van der Waals surface area contributed by atoms with Gasteiger partial charge in [0.05, 0.1) is 18.8 Å². The predicted molar refractivity (Wildman–Crippen MR) is 78.7 cm³/mol. The zero-order valence-corrected chi connectivity index (χ0v) is 12.9. The van der Waals surface area contributed by atoms with Crippen LogP contribution in [0.25, 0.3) is 0 Å². The second-order valence-electron chi connectivity index (χ2n) is 6.60. The van der Waals surface area contributed by atoms with Crippen molar-refractivity contribution in [2.24, 2.45) is 0 Å². The first-order valence-electron chi connectivity index (χ1n) is 7.64. The van der Waals surface area contributed by atoms with Gasteiger partial charge in [0.25, 0.3) is 0 Å². The van der Waals surface area contributed by atoms with E-state index in [1.54, 1.807) is 0 Å². The van der Waals surface area contributed by atoms with Gasteiger partial charge in [0.2, 0.25) is 0 Å². The van der Waals surface area contributed by atoms with E-state index >= 15 is 0 Å². The molecule has 1 spiro atoms. The summed E-state index contributed by atoms with van der Waals surface area (Å²) < 4.78 is 11.8. The minimum absolute atomic E-state index is 0.143. The van der Waals surface area contributed by atoms with Gasteiger partial charge in [-0.3, -0.25) is 4.90 Å². The van der Waals surface area contributed by atoms with Crippen LogP contribution in [0, 0.1) is 6.92 Å². The van der Waals surface area contributed by atoms with Crippen LogP contribution in [0.4, 0.5) is 0 Å². The van der Waals surface area contributed by atoms with Crippen LogP contribution in [-0.2, 0) is 11.3 Å². The second kappa shape index (κ2) is 5.51. The van der Waals surface area contributed by atoms with Crippen molar-refractivity contribution < 1.29 is 9.15 Å². The van der Waals surface area contributed by atoms with Crippen molar-refractivity contribution in [2.45, 2.75) is 44.4 Å². The molecule has 2 aliphatic rings. The Balaban J connectivity index is 1.52. The number of ether oxygens (including phenoxy) is 1. The summed E-state index contributed by atoms with van der Waals surface area (Å²) in [6, 6.07) is 4.73. The second-order valence-corrected chi connectivity index (χ2v) is 6.60. The zero-order valence-electron chi connectivity index (χ0n) is 12.9. The molecular weight excluding hydrogens is 252 g/mol. The van der Waals surface area contributed by atoms with E-state index in [0.717, 1.165) is 50.6 Å². The van der Waals surface area contributed by atoms with Gasteiger partial charge in [0.1, 0.15) is 11.5 Å². The van der Waals surface area contributed by atoms with Crippen molar-refractivity contribution >= 4 is 0 Å². The molecule has 1 atom stereocenters. The lowest BCUT2D eigenvalue weighted by Gasteiger charge is -2.38. The van der Waals surface area contributed by atoms with Gasteiger partial charge >= 0.3 is 0 Å². The lowest BCUT2D eigenvalue weighted by molar-refractivity contribution is -0.0460. The molecule has 0 N–H and O–H groups in total. The number of likely N-dealkylation sites (N-methyl/N-ethyl adjacent to an activating group) is 1. The maximum Gasteiger partial charge on any atom is 0.118 e. The van der Waals surface area contributed by atoms with Gasteiger partial charge in [-0.25, -0.2) is 0 Å². The number of rotatable bonds is 3. The molecule has 1 aromatic rings. The van der Waals surface area contributed by atoms with Crippen LogP contribution < -0.4 is 0 Å². The Hall–Kier alpha value is -0.840. The summed E-state index contributed by atoms with van der Waals surface area (Å²) in [5.74, 6) is 2.08. The maximum absolute atomic E-state index is 6.17. The van der Waals surface area contributed by atoms with E-state index in [0.29, 0.717) is 6.04 Å². The molecular formula is C16H26N2O2. The minimum Gasteiger partial charge on any atom is -0.465 e. The van der Waals surface area contributed by atoms with Crippen molar-refractivity contribution in [3.63, 3.8) is 0 Å². The maximum atomic E-state index is 6.17. The molecule has 0 aromatic carbocycles. The largest absolute Gasteiger partial charge is 0.465 e. The highest BCUT2D eigenvalue weighted by molar-refractivity contribution is 5.06. The number of hydrogen-bond acceptors (Lipinski definition) is 4. The summed E-state index contributed by atoms with van der Waals surface area (Å²) in [7, 11) is 4.31. The van der Waals surface area contributed by atoms with E-state index in [2.05, 4.69) is 30.0 Å². The van der Waals surface area contributed by atoms with Crippen LogP contribution in [-0.4, -0.2) is 55.2 Å². The molecule has 0 bridgehead atoms. The SMILES string of the molecule is Cc1ccc(CN2CCC3(CC2)CC(N(C)C)CO3)o1. The number of piperidine rings is 1.